The van der Waals surface area contributed by atoms with E-state index in [0.717, 1.165) is 37.3 Å². The fourth-order valence-electron chi connectivity index (χ4n) is 6.47. The van der Waals surface area contributed by atoms with Crippen LogP contribution in [0, 0.1) is 31.5 Å². The van der Waals surface area contributed by atoms with E-state index in [-0.39, 0.29) is 23.4 Å². The van der Waals surface area contributed by atoms with Gasteiger partial charge in [0.05, 0.1) is 54.9 Å². The Balaban J connectivity index is 1.38. The van der Waals surface area contributed by atoms with Gasteiger partial charge in [0, 0.05) is 30.9 Å². The normalized spacial score (nSPS) is 24.2. The van der Waals surface area contributed by atoms with Gasteiger partial charge in [-0.2, -0.15) is 0 Å². The lowest BCUT2D eigenvalue weighted by Crippen LogP contribution is -2.55. The Morgan fingerprint density at radius 3 is 2.40 bits per heavy atom. The van der Waals surface area contributed by atoms with Crippen molar-refractivity contribution in [2.45, 2.75) is 51.2 Å². The summed E-state index contributed by atoms with van der Waals surface area (Å²) in [6, 6.07) is 11.9. The van der Waals surface area contributed by atoms with Crippen LogP contribution in [0.3, 0.4) is 0 Å². The molecule has 2 aromatic carbocycles. The van der Waals surface area contributed by atoms with E-state index in [9.17, 15) is 9.59 Å². The number of aryl methyl sites for hydroxylation is 2. The first kappa shape index (κ1) is 28.2. The minimum Gasteiger partial charge on any atom is -0.382 e. The maximum Gasteiger partial charge on any atom is 0.257 e. The first-order valence-electron chi connectivity index (χ1n) is 14.6. The number of carbonyl (C=O) groups excluding carboxylic acids is 2. The van der Waals surface area contributed by atoms with Crippen molar-refractivity contribution in [1.29, 1.82) is 0 Å². The van der Waals surface area contributed by atoms with Gasteiger partial charge >= 0.3 is 0 Å². The van der Waals surface area contributed by atoms with Gasteiger partial charge in [0.15, 0.2) is 0 Å². The number of ether oxygens (including phenoxy) is 2. The number of benzene rings is 2. The number of fused-ring (bicyclic) bond motifs is 1. The smallest absolute Gasteiger partial charge is 0.257 e. The fourth-order valence-corrected chi connectivity index (χ4v) is 6.47. The number of piperidine rings is 1. The number of halogens is 1. The Kier molecular flexibility index (Phi) is 8.17. The molecule has 220 valence electrons. The third-order valence-electron chi connectivity index (χ3n) is 8.66. The lowest BCUT2D eigenvalue weighted by atomic mass is 9.76. The summed E-state index contributed by atoms with van der Waals surface area (Å²) >= 11 is 0. The zero-order valence-electron chi connectivity index (χ0n) is 23.9. The molecule has 42 heavy (non-hydrogen) atoms. The highest BCUT2D eigenvalue weighted by Gasteiger charge is 2.51. The quantitative estimate of drug-likeness (QED) is 0.441. The van der Waals surface area contributed by atoms with E-state index in [1.807, 2.05) is 24.3 Å². The largest absolute Gasteiger partial charge is 0.382 e. The van der Waals surface area contributed by atoms with Crippen LogP contribution in [0.15, 0.2) is 54.9 Å². The van der Waals surface area contributed by atoms with Gasteiger partial charge in [-0.1, -0.05) is 24.3 Å². The van der Waals surface area contributed by atoms with E-state index < -0.39 is 23.7 Å². The lowest BCUT2D eigenvalue weighted by molar-refractivity contribution is -0.124. The zero-order valence-corrected chi connectivity index (χ0v) is 23.9. The number of anilines is 2. The first-order valence-corrected chi connectivity index (χ1v) is 14.6. The molecule has 0 spiro atoms. The van der Waals surface area contributed by atoms with Gasteiger partial charge in [-0.05, 0) is 62.4 Å². The van der Waals surface area contributed by atoms with Crippen molar-refractivity contribution in [3.05, 3.63) is 83.2 Å². The monoisotopic (exact) mass is 573 g/mol. The van der Waals surface area contributed by atoms with Crippen molar-refractivity contribution in [3.63, 3.8) is 0 Å². The number of likely N-dealkylation sites (tertiary alicyclic amines) is 1. The molecule has 0 saturated carbocycles. The molecule has 2 N–H and O–H groups in total. The second kappa shape index (κ2) is 12.1. The number of hydrogen-bond donors (Lipinski definition) is 2. The van der Waals surface area contributed by atoms with Crippen LogP contribution in [-0.2, 0) is 14.3 Å². The minimum absolute atomic E-state index is 0.0268. The molecular formula is C32H36FN5O4. The third kappa shape index (κ3) is 5.73. The van der Waals surface area contributed by atoms with Crippen LogP contribution in [-0.4, -0.2) is 65.2 Å². The molecular weight excluding hydrogens is 537 g/mol. The maximum atomic E-state index is 15.2. The van der Waals surface area contributed by atoms with Crippen LogP contribution in [0.2, 0.25) is 0 Å². The SMILES string of the molecule is Cc1ncc(NC(=O)[C@H]2C[C@H]3COCC3N(C(=O)c3c(C)cccc3F)[C@H]2c2ccc(NC3CCOCC3)cc2)cn1. The Morgan fingerprint density at radius 2 is 1.69 bits per heavy atom. The Morgan fingerprint density at radius 1 is 0.952 bits per heavy atom. The predicted molar refractivity (Wildman–Crippen MR) is 156 cm³/mol. The van der Waals surface area contributed by atoms with Crippen molar-refractivity contribution < 1.29 is 23.5 Å². The molecule has 0 bridgehead atoms. The molecule has 3 aliphatic heterocycles. The van der Waals surface area contributed by atoms with Crippen molar-refractivity contribution >= 4 is 23.2 Å². The van der Waals surface area contributed by atoms with Gasteiger partial charge in [-0.25, -0.2) is 14.4 Å². The highest BCUT2D eigenvalue weighted by molar-refractivity contribution is 5.98. The number of amides is 2. The highest BCUT2D eigenvalue weighted by Crippen LogP contribution is 2.45. The third-order valence-corrected chi connectivity index (χ3v) is 8.66. The van der Waals surface area contributed by atoms with Gasteiger partial charge in [0.2, 0.25) is 5.91 Å². The number of nitrogens with one attached hydrogen (secondary N) is 2. The maximum absolute atomic E-state index is 15.2. The van der Waals surface area contributed by atoms with Gasteiger partial charge in [0.25, 0.3) is 5.91 Å². The molecule has 0 radical (unpaired) electrons. The summed E-state index contributed by atoms with van der Waals surface area (Å²) < 4.78 is 26.5. The summed E-state index contributed by atoms with van der Waals surface area (Å²) in [4.78, 5) is 38.4. The topological polar surface area (TPSA) is 106 Å². The molecule has 6 rings (SSSR count). The number of hydrogen-bond acceptors (Lipinski definition) is 7. The fraction of sp³-hybridized carbons (Fsp3) is 0.438. The van der Waals surface area contributed by atoms with Gasteiger partial charge in [-0.15, -0.1) is 0 Å². The molecule has 4 atom stereocenters. The highest BCUT2D eigenvalue weighted by atomic mass is 19.1. The van der Waals surface area contributed by atoms with E-state index >= 15 is 4.39 Å². The average molecular weight is 574 g/mol. The standard InChI is InChI=1S/C32H36FN5O4/c1-19-4-3-5-27(33)29(19)32(40)38-28-18-42-17-22(28)14-26(31(39)37-25-15-34-20(2)35-16-25)30(38)21-6-8-23(9-7-21)36-24-10-12-41-13-11-24/h3-9,15-16,22,24,26,28,30,36H,10-14,17-18H2,1-2H3,(H,37,39)/t22-,26-,28?,30-/m0/s1. The molecule has 3 aromatic rings. The van der Waals surface area contributed by atoms with E-state index in [2.05, 4.69) is 20.6 Å². The van der Waals surface area contributed by atoms with Crippen LogP contribution in [0.25, 0.3) is 0 Å². The van der Waals surface area contributed by atoms with Gasteiger partial charge in [0.1, 0.15) is 11.6 Å². The molecule has 3 fully saturated rings. The lowest BCUT2D eigenvalue weighted by Gasteiger charge is -2.47. The average Bonchev–Trinajstić information content (AvgIpc) is 3.47. The minimum atomic E-state index is -0.636. The summed E-state index contributed by atoms with van der Waals surface area (Å²) in [7, 11) is 0. The summed E-state index contributed by atoms with van der Waals surface area (Å²) in [5.41, 5.74) is 2.82. The van der Waals surface area contributed by atoms with Crippen LogP contribution in [0.5, 0.6) is 0 Å². The molecule has 2 amide bonds. The second-order valence-electron chi connectivity index (χ2n) is 11.5. The molecule has 1 unspecified atom stereocenters. The molecule has 3 aliphatic rings. The molecule has 0 aliphatic carbocycles. The number of nitrogens with zero attached hydrogens (tertiary/aromatic N) is 3. The van der Waals surface area contributed by atoms with Crippen molar-refractivity contribution in [1.82, 2.24) is 14.9 Å². The van der Waals surface area contributed by atoms with Crippen LogP contribution < -0.4 is 10.6 Å². The van der Waals surface area contributed by atoms with Crippen LogP contribution >= 0.6 is 0 Å². The first-order chi connectivity index (χ1) is 20.4. The molecule has 1 aromatic heterocycles. The molecule has 4 heterocycles. The summed E-state index contributed by atoms with van der Waals surface area (Å²) in [5, 5.41) is 6.54. The van der Waals surface area contributed by atoms with E-state index in [0.29, 0.717) is 42.8 Å². The van der Waals surface area contributed by atoms with Crippen molar-refractivity contribution in [3.8, 4) is 0 Å². The summed E-state index contributed by atoms with van der Waals surface area (Å²) in [5.74, 6) is -1.33. The van der Waals surface area contributed by atoms with E-state index in [4.69, 9.17) is 9.47 Å². The van der Waals surface area contributed by atoms with Crippen molar-refractivity contribution in [2.75, 3.05) is 37.1 Å². The molecule has 9 nitrogen and oxygen atoms in total. The van der Waals surface area contributed by atoms with Gasteiger partial charge < -0.3 is 25.0 Å². The number of aromatic nitrogens is 2. The van der Waals surface area contributed by atoms with Crippen LogP contribution in [0.4, 0.5) is 15.8 Å². The Hall–Kier alpha value is -3.89. The zero-order chi connectivity index (χ0) is 29.2. The molecule has 10 heteroatoms. The van der Waals surface area contributed by atoms with E-state index in [1.165, 1.54) is 6.07 Å². The number of carbonyl (C=O) groups is 2. The number of rotatable bonds is 6. The van der Waals surface area contributed by atoms with Gasteiger partial charge in [-0.3, -0.25) is 9.59 Å². The Labute approximate surface area is 244 Å². The Bertz CT molecular complexity index is 1410. The predicted octanol–water partition coefficient (Wildman–Crippen LogP) is 4.68. The molecule has 3 saturated heterocycles. The van der Waals surface area contributed by atoms with E-state index in [1.54, 1.807) is 43.3 Å². The van der Waals surface area contributed by atoms with Crippen molar-refractivity contribution in [2.24, 2.45) is 11.8 Å². The summed E-state index contributed by atoms with van der Waals surface area (Å²) in [6.45, 7) is 5.75. The van der Waals surface area contributed by atoms with Crippen LogP contribution in [0.1, 0.15) is 52.6 Å². The summed E-state index contributed by atoms with van der Waals surface area (Å²) in [6.07, 6.45) is 5.53. The second-order valence-corrected chi connectivity index (χ2v) is 11.5.